The molecular formula is C11H10O4. The Labute approximate surface area is 86.1 Å². The van der Waals surface area contributed by atoms with Crippen molar-refractivity contribution in [1.82, 2.24) is 0 Å². The van der Waals surface area contributed by atoms with Crippen LogP contribution in [0.2, 0.25) is 0 Å². The maximum atomic E-state index is 10.5. The van der Waals surface area contributed by atoms with Crippen molar-refractivity contribution in [3.05, 3.63) is 29.5 Å². The molecule has 0 aliphatic rings. The van der Waals surface area contributed by atoms with Gasteiger partial charge in [-0.25, -0.2) is 4.79 Å². The molecule has 1 heterocycles. The minimum atomic E-state index is -1.32. The van der Waals surface area contributed by atoms with Gasteiger partial charge in [0.25, 0.3) is 0 Å². The molecule has 15 heavy (non-hydrogen) atoms. The van der Waals surface area contributed by atoms with Crippen molar-refractivity contribution < 1.29 is 19.1 Å². The molecule has 0 saturated carbocycles. The lowest BCUT2D eigenvalue weighted by Crippen LogP contribution is -2.03. The molecule has 0 aliphatic heterocycles. The number of aryl methyl sites for hydroxylation is 2. The lowest BCUT2D eigenvalue weighted by molar-refractivity contribution is 0.145. The van der Waals surface area contributed by atoms with E-state index in [1.807, 2.05) is 13.8 Å². The van der Waals surface area contributed by atoms with Crippen LogP contribution >= 0.6 is 0 Å². The fourth-order valence-electron chi connectivity index (χ4n) is 1.56. The Morgan fingerprint density at radius 2 is 2.13 bits per heavy atom. The highest BCUT2D eigenvalue weighted by molar-refractivity contribution is 5.89. The number of carboxylic acid groups (broad SMARTS) is 1. The number of rotatable bonds is 1. The Kier molecular flexibility index (Phi) is 2.11. The van der Waals surface area contributed by atoms with Gasteiger partial charge in [-0.15, -0.1) is 0 Å². The van der Waals surface area contributed by atoms with E-state index in [0.717, 1.165) is 16.7 Å². The van der Waals surface area contributed by atoms with Gasteiger partial charge in [-0.2, -0.15) is 0 Å². The van der Waals surface area contributed by atoms with Crippen LogP contribution in [0.1, 0.15) is 11.3 Å². The van der Waals surface area contributed by atoms with Crippen molar-refractivity contribution in [1.29, 1.82) is 0 Å². The topological polar surface area (TPSA) is 59.7 Å². The molecule has 78 valence electrons. The van der Waals surface area contributed by atoms with E-state index >= 15 is 0 Å². The Bertz CT molecular complexity index is 525. The lowest BCUT2D eigenvalue weighted by atomic mass is 10.1. The summed E-state index contributed by atoms with van der Waals surface area (Å²) >= 11 is 0. The summed E-state index contributed by atoms with van der Waals surface area (Å²) in [6.45, 7) is 3.70. The molecule has 4 heteroatoms. The number of carbonyl (C=O) groups is 1. The number of hydrogen-bond donors (Lipinski definition) is 1. The predicted molar refractivity (Wildman–Crippen MR) is 54.3 cm³/mol. The summed E-state index contributed by atoms with van der Waals surface area (Å²) in [7, 11) is 0. The third-order valence-corrected chi connectivity index (χ3v) is 2.35. The minimum Gasteiger partial charge on any atom is -0.461 e. The summed E-state index contributed by atoms with van der Waals surface area (Å²) < 4.78 is 10.1. The van der Waals surface area contributed by atoms with Crippen LogP contribution in [0.5, 0.6) is 5.75 Å². The van der Waals surface area contributed by atoms with Crippen LogP contribution in [0.15, 0.2) is 22.6 Å². The van der Waals surface area contributed by atoms with E-state index in [-0.39, 0.29) is 0 Å². The normalized spacial score (nSPS) is 10.5. The van der Waals surface area contributed by atoms with E-state index in [9.17, 15) is 4.79 Å². The van der Waals surface area contributed by atoms with E-state index < -0.39 is 6.16 Å². The largest absolute Gasteiger partial charge is 0.511 e. The fraction of sp³-hybridized carbons (Fsp3) is 0.182. The van der Waals surface area contributed by atoms with Crippen molar-refractivity contribution in [2.75, 3.05) is 0 Å². The molecular weight excluding hydrogens is 196 g/mol. The van der Waals surface area contributed by atoms with Crippen molar-refractivity contribution in [3.63, 3.8) is 0 Å². The smallest absolute Gasteiger partial charge is 0.461 e. The van der Waals surface area contributed by atoms with Gasteiger partial charge in [-0.05, 0) is 26.0 Å². The zero-order valence-electron chi connectivity index (χ0n) is 8.40. The molecule has 2 aromatic rings. The van der Waals surface area contributed by atoms with E-state index in [4.69, 9.17) is 9.52 Å². The molecule has 0 unspecified atom stereocenters. The summed E-state index contributed by atoms with van der Waals surface area (Å²) in [6, 6.07) is 5.09. The molecule has 1 aromatic heterocycles. The maximum Gasteiger partial charge on any atom is 0.511 e. The highest BCUT2D eigenvalue weighted by atomic mass is 16.7. The molecule has 0 saturated heterocycles. The second-order valence-corrected chi connectivity index (χ2v) is 3.28. The van der Waals surface area contributed by atoms with Crippen molar-refractivity contribution >= 4 is 17.1 Å². The molecule has 2 rings (SSSR count). The van der Waals surface area contributed by atoms with Crippen LogP contribution in [0.3, 0.4) is 0 Å². The number of ether oxygens (including phenoxy) is 1. The van der Waals surface area contributed by atoms with E-state index in [1.165, 1.54) is 0 Å². The summed E-state index contributed by atoms with van der Waals surface area (Å²) in [4.78, 5) is 10.5. The second-order valence-electron chi connectivity index (χ2n) is 3.28. The van der Waals surface area contributed by atoms with Gasteiger partial charge in [0.2, 0.25) is 0 Å². The molecule has 0 amide bonds. The summed E-state index contributed by atoms with van der Waals surface area (Å²) in [5.41, 5.74) is 1.55. The number of hydrogen-bond acceptors (Lipinski definition) is 3. The van der Waals surface area contributed by atoms with Gasteiger partial charge in [0.05, 0.1) is 5.39 Å². The van der Waals surface area contributed by atoms with Gasteiger partial charge >= 0.3 is 6.16 Å². The van der Waals surface area contributed by atoms with Crippen LogP contribution in [-0.2, 0) is 0 Å². The molecule has 0 bridgehead atoms. The van der Waals surface area contributed by atoms with Crippen LogP contribution < -0.4 is 4.74 Å². The van der Waals surface area contributed by atoms with Crippen LogP contribution in [0.25, 0.3) is 11.0 Å². The molecule has 0 radical (unpaired) electrons. The van der Waals surface area contributed by atoms with Crippen LogP contribution in [0.4, 0.5) is 4.79 Å². The average Bonchev–Trinajstić information content (AvgIpc) is 2.43. The van der Waals surface area contributed by atoms with Gasteiger partial charge in [-0.1, -0.05) is 6.07 Å². The van der Waals surface area contributed by atoms with Gasteiger partial charge < -0.3 is 14.3 Å². The first-order valence-corrected chi connectivity index (χ1v) is 4.49. The first-order chi connectivity index (χ1) is 7.09. The van der Waals surface area contributed by atoms with Crippen molar-refractivity contribution in [2.24, 2.45) is 0 Å². The average molecular weight is 206 g/mol. The first-order valence-electron chi connectivity index (χ1n) is 4.49. The minimum absolute atomic E-state index is 0.314. The molecule has 4 nitrogen and oxygen atoms in total. The number of benzene rings is 1. The van der Waals surface area contributed by atoms with Crippen LogP contribution in [-0.4, -0.2) is 11.3 Å². The SMILES string of the molecule is Cc1oc2cccc(OC(=O)O)c2c1C. The zero-order valence-corrected chi connectivity index (χ0v) is 8.40. The number of fused-ring (bicyclic) bond motifs is 1. The standard InChI is InChI=1S/C11H10O4/c1-6-7(2)14-8-4-3-5-9(10(6)8)15-11(12)13/h3-5H,1-2H3,(H,12,13). The van der Waals surface area contributed by atoms with Gasteiger partial charge in [0.15, 0.2) is 0 Å². The lowest BCUT2D eigenvalue weighted by Gasteiger charge is -2.00. The third kappa shape index (κ3) is 1.54. The summed E-state index contributed by atoms with van der Waals surface area (Å²) in [5, 5.41) is 9.29. The molecule has 1 aromatic carbocycles. The number of furan rings is 1. The quantitative estimate of drug-likeness (QED) is 0.575. The zero-order chi connectivity index (χ0) is 11.0. The predicted octanol–water partition coefficient (Wildman–Crippen LogP) is 3.11. The van der Waals surface area contributed by atoms with E-state index in [1.54, 1.807) is 18.2 Å². The Balaban J connectivity index is 2.68. The van der Waals surface area contributed by atoms with Crippen LogP contribution in [0, 0.1) is 13.8 Å². The molecule has 0 spiro atoms. The third-order valence-electron chi connectivity index (χ3n) is 2.35. The van der Waals surface area contributed by atoms with Gasteiger partial charge in [-0.3, -0.25) is 0 Å². The van der Waals surface area contributed by atoms with Crippen molar-refractivity contribution in [3.8, 4) is 5.75 Å². The van der Waals surface area contributed by atoms with Gasteiger partial charge in [0, 0.05) is 5.56 Å². The van der Waals surface area contributed by atoms with Crippen molar-refractivity contribution in [2.45, 2.75) is 13.8 Å². The molecule has 0 atom stereocenters. The highest BCUT2D eigenvalue weighted by Gasteiger charge is 2.13. The van der Waals surface area contributed by atoms with E-state index in [2.05, 4.69) is 4.74 Å². The Morgan fingerprint density at radius 3 is 2.80 bits per heavy atom. The second kappa shape index (κ2) is 3.31. The Morgan fingerprint density at radius 1 is 1.40 bits per heavy atom. The molecule has 0 aliphatic carbocycles. The highest BCUT2D eigenvalue weighted by Crippen LogP contribution is 2.32. The molecule has 1 N–H and O–H groups in total. The monoisotopic (exact) mass is 206 g/mol. The molecule has 0 fully saturated rings. The Hall–Kier alpha value is -1.97. The maximum absolute atomic E-state index is 10.5. The summed E-state index contributed by atoms with van der Waals surface area (Å²) in [6.07, 6.45) is -1.32. The first kappa shape index (κ1) is 9.58. The van der Waals surface area contributed by atoms with E-state index in [0.29, 0.717) is 11.3 Å². The summed E-state index contributed by atoms with van der Waals surface area (Å²) in [5.74, 6) is 1.08. The van der Waals surface area contributed by atoms with Gasteiger partial charge in [0.1, 0.15) is 17.1 Å². The fourth-order valence-corrected chi connectivity index (χ4v) is 1.56.